The first-order valence-electron chi connectivity index (χ1n) is 5.44. The molecule has 0 saturated carbocycles. The van der Waals surface area contributed by atoms with Crippen molar-refractivity contribution in [2.24, 2.45) is 0 Å². The average Bonchev–Trinajstić information content (AvgIpc) is 2.41. The zero-order valence-corrected chi connectivity index (χ0v) is 10.8. The molecular formula is C12H6ClF4N3O. The van der Waals surface area contributed by atoms with Gasteiger partial charge in [0.25, 0.3) is 0 Å². The molecule has 0 fully saturated rings. The van der Waals surface area contributed by atoms with Crippen molar-refractivity contribution in [3.8, 4) is 11.3 Å². The average molecular weight is 320 g/mol. The highest BCUT2D eigenvalue weighted by Crippen LogP contribution is 2.25. The maximum Gasteiger partial charge on any atom is 0.471 e. The van der Waals surface area contributed by atoms with E-state index in [4.69, 9.17) is 11.6 Å². The van der Waals surface area contributed by atoms with Gasteiger partial charge in [-0.3, -0.25) is 4.79 Å². The summed E-state index contributed by atoms with van der Waals surface area (Å²) in [6.07, 6.45) is -4.18. The molecule has 0 atom stereocenters. The Morgan fingerprint density at radius 2 is 2.00 bits per heavy atom. The molecule has 110 valence electrons. The number of benzene rings is 1. The van der Waals surface area contributed by atoms with E-state index >= 15 is 0 Å². The summed E-state index contributed by atoms with van der Waals surface area (Å²) in [4.78, 5) is 17.9. The van der Waals surface area contributed by atoms with E-state index in [2.05, 4.69) is 9.97 Å². The van der Waals surface area contributed by atoms with Gasteiger partial charge in [0.2, 0.25) is 5.28 Å². The van der Waals surface area contributed by atoms with Gasteiger partial charge in [-0.2, -0.15) is 13.2 Å². The van der Waals surface area contributed by atoms with Crippen molar-refractivity contribution in [3.05, 3.63) is 41.6 Å². The van der Waals surface area contributed by atoms with Crippen molar-refractivity contribution in [1.82, 2.24) is 9.97 Å². The van der Waals surface area contributed by atoms with Gasteiger partial charge in [-0.05, 0) is 23.7 Å². The maximum absolute atomic E-state index is 13.6. The lowest BCUT2D eigenvalue weighted by molar-refractivity contribution is -0.167. The Labute approximate surface area is 120 Å². The molecule has 0 aliphatic carbocycles. The molecule has 1 aromatic heterocycles. The minimum absolute atomic E-state index is 0.149. The molecule has 1 aromatic carbocycles. The van der Waals surface area contributed by atoms with E-state index in [1.807, 2.05) is 0 Å². The summed E-state index contributed by atoms with van der Waals surface area (Å²) in [6.45, 7) is 0. The monoisotopic (exact) mass is 319 g/mol. The second-order valence-corrected chi connectivity index (χ2v) is 4.21. The molecule has 9 heteroatoms. The van der Waals surface area contributed by atoms with E-state index in [1.54, 1.807) is 5.32 Å². The lowest BCUT2D eigenvalue weighted by Crippen LogP contribution is -2.29. The topological polar surface area (TPSA) is 54.9 Å². The van der Waals surface area contributed by atoms with Gasteiger partial charge < -0.3 is 5.32 Å². The summed E-state index contributed by atoms with van der Waals surface area (Å²) >= 11 is 5.54. The maximum atomic E-state index is 13.6. The summed E-state index contributed by atoms with van der Waals surface area (Å²) in [5.41, 5.74) is -0.182. The van der Waals surface area contributed by atoms with E-state index in [0.29, 0.717) is 0 Å². The summed E-state index contributed by atoms with van der Waals surface area (Å²) < 4.78 is 50.1. The Bertz CT molecular complexity index is 690. The van der Waals surface area contributed by atoms with Crippen molar-refractivity contribution in [2.45, 2.75) is 6.18 Å². The molecule has 0 radical (unpaired) electrons. The van der Waals surface area contributed by atoms with E-state index in [9.17, 15) is 22.4 Å². The molecule has 0 unspecified atom stereocenters. The normalized spacial score (nSPS) is 11.3. The summed E-state index contributed by atoms with van der Waals surface area (Å²) in [5.74, 6) is -2.92. The number of amides is 1. The molecule has 0 spiro atoms. The van der Waals surface area contributed by atoms with Gasteiger partial charge in [-0.1, -0.05) is 12.1 Å². The summed E-state index contributed by atoms with van der Waals surface area (Å²) in [7, 11) is 0. The summed E-state index contributed by atoms with van der Waals surface area (Å²) in [5, 5.41) is 1.45. The van der Waals surface area contributed by atoms with Gasteiger partial charge in [0.05, 0.1) is 6.20 Å². The Hall–Kier alpha value is -2.22. The van der Waals surface area contributed by atoms with Gasteiger partial charge in [-0.15, -0.1) is 0 Å². The molecule has 0 saturated heterocycles. The molecule has 2 rings (SSSR count). The number of nitrogens with one attached hydrogen (secondary N) is 1. The Morgan fingerprint density at radius 1 is 1.29 bits per heavy atom. The molecule has 21 heavy (non-hydrogen) atoms. The number of anilines is 1. The molecule has 0 aliphatic heterocycles. The molecule has 0 aliphatic rings. The van der Waals surface area contributed by atoms with Crippen LogP contribution < -0.4 is 5.32 Å². The number of nitrogens with zero attached hydrogens (tertiary/aromatic N) is 2. The van der Waals surface area contributed by atoms with Crippen LogP contribution in [0.1, 0.15) is 0 Å². The second kappa shape index (κ2) is 5.65. The smallest absolute Gasteiger partial charge is 0.318 e. The lowest BCUT2D eigenvalue weighted by atomic mass is 10.1. The molecule has 2 aromatic rings. The highest BCUT2D eigenvalue weighted by molar-refractivity contribution is 6.28. The van der Waals surface area contributed by atoms with Crippen LogP contribution in [0.2, 0.25) is 5.28 Å². The third kappa shape index (κ3) is 3.66. The fourth-order valence-electron chi connectivity index (χ4n) is 1.49. The van der Waals surface area contributed by atoms with Gasteiger partial charge in [0, 0.05) is 11.3 Å². The predicted molar refractivity (Wildman–Crippen MR) is 67.1 cm³/mol. The third-order valence-electron chi connectivity index (χ3n) is 2.37. The number of hydrogen-bond donors (Lipinski definition) is 1. The van der Waals surface area contributed by atoms with E-state index in [1.165, 1.54) is 18.2 Å². The van der Waals surface area contributed by atoms with Crippen molar-refractivity contribution in [1.29, 1.82) is 0 Å². The SMILES string of the molecule is O=C(Nc1cccc(-c2nc(Cl)ncc2F)c1)C(F)(F)F. The largest absolute Gasteiger partial charge is 0.471 e. The molecule has 0 bridgehead atoms. The Balaban J connectivity index is 2.34. The molecule has 1 N–H and O–H groups in total. The van der Waals surface area contributed by atoms with Crippen LogP contribution in [-0.2, 0) is 4.79 Å². The van der Waals surface area contributed by atoms with E-state index < -0.39 is 17.9 Å². The van der Waals surface area contributed by atoms with Crippen molar-refractivity contribution in [2.75, 3.05) is 5.32 Å². The molecule has 4 nitrogen and oxygen atoms in total. The number of rotatable bonds is 2. The van der Waals surface area contributed by atoms with Crippen LogP contribution in [0.5, 0.6) is 0 Å². The highest BCUT2D eigenvalue weighted by atomic mass is 35.5. The number of halogens is 5. The van der Waals surface area contributed by atoms with Crippen LogP contribution in [0.25, 0.3) is 11.3 Å². The fourth-order valence-corrected chi connectivity index (χ4v) is 1.63. The number of hydrogen-bond acceptors (Lipinski definition) is 3. The number of carbonyl (C=O) groups excluding carboxylic acids is 1. The Morgan fingerprint density at radius 3 is 2.67 bits per heavy atom. The fraction of sp³-hybridized carbons (Fsp3) is 0.0833. The van der Waals surface area contributed by atoms with Crippen molar-refractivity contribution in [3.63, 3.8) is 0 Å². The van der Waals surface area contributed by atoms with Crippen LogP contribution in [0.4, 0.5) is 23.2 Å². The standard InChI is InChI=1S/C12H6ClF4N3O/c13-11-18-5-8(14)9(20-11)6-2-1-3-7(4-6)19-10(21)12(15,16)17/h1-5H,(H,19,21). The number of carbonyl (C=O) groups is 1. The first-order valence-corrected chi connectivity index (χ1v) is 5.82. The molecule has 1 heterocycles. The number of alkyl halides is 3. The summed E-state index contributed by atoms with van der Waals surface area (Å²) in [6, 6.07) is 5.13. The Kier molecular flexibility index (Phi) is 4.08. The van der Waals surface area contributed by atoms with Crippen LogP contribution >= 0.6 is 11.6 Å². The molecule has 1 amide bonds. The first-order chi connectivity index (χ1) is 9.77. The second-order valence-electron chi connectivity index (χ2n) is 3.87. The van der Waals surface area contributed by atoms with E-state index in [0.717, 1.165) is 12.3 Å². The minimum atomic E-state index is -5.01. The van der Waals surface area contributed by atoms with E-state index in [-0.39, 0.29) is 22.2 Å². The molecular weight excluding hydrogens is 314 g/mol. The zero-order valence-electron chi connectivity index (χ0n) is 10.1. The van der Waals surface area contributed by atoms with Crippen LogP contribution in [0, 0.1) is 5.82 Å². The van der Waals surface area contributed by atoms with Crippen molar-refractivity contribution >= 4 is 23.2 Å². The van der Waals surface area contributed by atoms with Crippen LogP contribution in [0.3, 0.4) is 0 Å². The quantitative estimate of drug-likeness (QED) is 0.681. The van der Waals surface area contributed by atoms with Gasteiger partial charge in [0.15, 0.2) is 5.82 Å². The third-order valence-corrected chi connectivity index (χ3v) is 2.55. The van der Waals surface area contributed by atoms with Crippen LogP contribution in [0.15, 0.2) is 30.5 Å². The zero-order chi connectivity index (χ0) is 15.6. The van der Waals surface area contributed by atoms with Crippen LogP contribution in [-0.4, -0.2) is 22.1 Å². The number of aromatic nitrogens is 2. The van der Waals surface area contributed by atoms with Gasteiger partial charge in [-0.25, -0.2) is 14.4 Å². The van der Waals surface area contributed by atoms with Gasteiger partial charge >= 0.3 is 12.1 Å². The lowest BCUT2D eigenvalue weighted by Gasteiger charge is -2.09. The minimum Gasteiger partial charge on any atom is -0.318 e. The van der Waals surface area contributed by atoms with Crippen molar-refractivity contribution < 1.29 is 22.4 Å². The first kappa shape index (κ1) is 15.2. The van der Waals surface area contributed by atoms with Gasteiger partial charge in [0.1, 0.15) is 5.69 Å². The highest BCUT2D eigenvalue weighted by Gasteiger charge is 2.38. The predicted octanol–water partition coefficient (Wildman–Crippen LogP) is 3.44.